The second-order valence-electron chi connectivity index (χ2n) is 2.37. The van der Waals surface area contributed by atoms with Crippen LogP contribution in [0, 0.1) is 0 Å². The molecule has 0 unspecified atom stereocenters. The molecule has 68 valence electrons. The number of rotatable bonds is 2. The number of thiophene rings is 1. The van der Waals surface area contributed by atoms with Gasteiger partial charge < -0.3 is 0 Å². The molecular weight excluding hydrogens is 290 g/mol. The molecule has 0 saturated heterocycles. The molecule has 0 spiro atoms. The first-order valence-electron chi connectivity index (χ1n) is 3.56. The zero-order valence-corrected chi connectivity index (χ0v) is 10.4. The standard InChI is InChI=1S/C8H5BrClNS2/c9-3-5-4-11-8(12-5)6-1-2-7(10)13-6/h1-2,4H,3H2. The van der Waals surface area contributed by atoms with E-state index in [1.54, 1.807) is 22.7 Å². The van der Waals surface area contributed by atoms with Crippen molar-refractivity contribution < 1.29 is 0 Å². The van der Waals surface area contributed by atoms with E-state index < -0.39 is 0 Å². The Kier molecular flexibility index (Phi) is 3.03. The zero-order chi connectivity index (χ0) is 9.26. The molecule has 2 heterocycles. The smallest absolute Gasteiger partial charge is 0.133 e. The van der Waals surface area contributed by atoms with Crippen LogP contribution in [0.2, 0.25) is 4.34 Å². The number of nitrogens with zero attached hydrogens (tertiary/aromatic N) is 1. The van der Waals surface area contributed by atoms with Crippen LogP contribution in [0.5, 0.6) is 0 Å². The summed E-state index contributed by atoms with van der Waals surface area (Å²) in [5.41, 5.74) is 0. The van der Waals surface area contributed by atoms with E-state index in [9.17, 15) is 0 Å². The molecule has 2 rings (SSSR count). The Bertz CT molecular complexity index is 410. The van der Waals surface area contributed by atoms with Crippen LogP contribution in [0.4, 0.5) is 0 Å². The summed E-state index contributed by atoms with van der Waals surface area (Å²) in [5, 5.41) is 1.91. The van der Waals surface area contributed by atoms with Crippen LogP contribution in [0.1, 0.15) is 4.88 Å². The van der Waals surface area contributed by atoms with Crippen molar-refractivity contribution in [3.05, 3.63) is 27.5 Å². The Morgan fingerprint density at radius 1 is 1.38 bits per heavy atom. The van der Waals surface area contributed by atoms with Crippen LogP contribution in [0.15, 0.2) is 18.3 Å². The van der Waals surface area contributed by atoms with E-state index in [1.807, 2.05) is 18.3 Å². The van der Waals surface area contributed by atoms with Gasteiger partial charge in [-0.15, -0.1) is 22.7 Å². The van der Waals surface area contributed by atoms with E-state index in [-0.39, 0.29) is 0 Å². The van der Waals surface area contributed by atoms with Gasteiger partial charge >= 0.3 is 0 Å². The second kappa shape index (κ2) is 4.09. The summed E-state index contributed by atoms with van der Waals surface area (Å²) in [7, 11) is 0. The third kappa shape index (κ3) is 2.13. The molecule has 5 heteroatoms. The molecule has 1 nitrogen and oxygen atoms in total. The summed E-state index contributed by atoms with van der Waals surface area (Å²) < 4.78 is 0.811. The molecule has 0 fully saturated rings. The minimum atomic E-state index is 0.811. The molecule has 0 bridgehead atoms. The molecule has 13 heavy (non-hydrogen) atoms. The molecule has 2 aromatic rings. The lowest BCUT2D eigenvalue weighted by molar-refractivity contribution is 1.38. The summed E-state index contributed by atoms with van der Waals surface area (Å²) >= 11 is 12.5. The van der Waals surface area contributed by atoms with Gasteiger partial charge in [-0.05, 0) is 12.1 Å². The van der Waals surface area contributed by atoms with Crippen molar-refractivity contribution in [1.29, 1.82) is 0 Å². The first-order chi connectivity index (χ1) is 6.29. The van der Waals surface area contributed by atoms with Crippen molar-refractivity contribution in [2.75, 3.05) is 0 Å². The topological polar surface area (TPSA) is 12.9 Å². The maximum absolute atomic E-state index is 5.84. The minimum absolute atomic E-state index is 0.811. The highest BCUT2D eigenvalue weighted by molar-refractivity contribution is 9.08. The maximum Gasteiger partial charge on any atom is 0.133 e. The summed E-state index contributed by atoms with van der Waals surface area (Å²) in [6.45, 7) is 0. The maximum atomic E-state index is 5.84. The molecular formula is C8H5BrClNS2. The number of hydrogen-bond donors (Lipinski definition) is 0. The van der Waals surface area contributed by atoms with Gasteiger partial charge in [0.15, 0.2) is 0 Å². The molecule has 0 saturated carbocycles. The first kappa shape index (κ1) is 9.65. The molecule has 0 radical (unpaired) electrons. The van der Waals surface area contributed by atoms with Crippen molar-refractivity contribution >= 4 is 50.2 Å². The van der Waals surface area contributed by atoms with Gasteiger partial charge in [0, 0.05) is 16.4 Å². The van der Waals surface area contributed by atoms with E-state index in [1.165, 1.54) is 4.88 Å². The monoisotopic (exact) mass is 293 g/mol. The lowest BCUT2D eigenvalue weighted by Crippen LogP contribution is -1.63. The van der Waals surface area contributed by atoms with Crippen molar-refractivity contribution in [2.24, 2.45) is 0 Å². The van der Waals surface area contributed by atoms with Crippen LogP contribution >= 0.6 is 50.2 Å². The minimum Gasteiger partial charge on any atom is -0.243 e. The predicted octanol–water partition coefficient (Wildman–Crippen LogP) is 4.42. The van der Waals surface area contributed by atoms with Crippen molar-refractivity contribution in [3.8, 4) is 9.88 Å². The Hall–Kier alpha value is 0.1000. The van der Waals surface area contributed by atoms with Crippen molar-refractivity contribution in [3.63, 3.8) is 0 Å². The van der Waals surface area contributed by atoms with Crippen molar-refractivity contribution in [2.45, 2.75) is 5.33 Å². The van der Waals surface area contributed by atoms with Gasteiger partial charge in [-0.2, -0.15) is 0 Å². The molecule has 2 aromatic heterocycles. The third-order valence-corrected chi connectivity index (χ3v) is 4.84. The van der Waals surface area contributed by atoms with E-state index in [2.05, 4.69) is 20.9 Å². The van der Waals surface area contributed by atoms with E-state index in [0.29, 0.717) is 0 Å². The van der Waals surface area contributed by atoms with Gasteiger partial charge in [0.2, 0.25) is 0 Å². The second-order valence-corrected chi connectivity index (χ2v) is 5.76. The number of thiazole rings is 1. The number of aromatic nitrogens is 1. The summed E-state index contributed by atoms with van der Waals surface area (Å²) in [6.07, 6.45) is 1.89. The summed E-state index contributed by atoms with van der Waals surface area (Å²) in [4.78, 5) is 6.69. The molecule has 0 aromatic carbocycles. The fourth-order valence-electron chi connectivity index (χ4n) is 0.912. The Balaban J connectivity index is 2.35. The predicted molar refractivity (Wildman–Crippen MR) is 63.1 cm³/mol. The molecule has 0 amide bonds. The fourth-order valence-corrected chi connectivity index (χ4v) is 3.27. The molecule has 0 aliphatic carbocycles. The largest absolute Gasteiger partial charge is 0.243 e. The fraction of sp³-hybridized carbons (Fsp3) is 0.125. The normalized spacial score (nSPS) is 10.6. The summed E-state index contributed by atoms with van der Waals surface area (Å²) in [6, 6.07) is 3.90. The van der Waals surface area contributed by atoms with E-state index in [0.717, 1.165) is 19.6 Å². The van der Waals surface area contributed by atoms with Gasteiger partial charge in [-0.25, -0.2) is 4.98 Å². The lowest BCUT2D eigenvalue weighted by Gasteiger charge is -1.85. The lowest BCUT2D eigenvalue weighted by atomic mass is 10.5. The van der Waals surface area contributed by atoms with E-state index in [4.69, 9.17) is 11.6 Å². The average molecular weight is 295 g/mol. The number of alkyl halides is 1. The van der Waals surface area contributed by atoms with Crippen molar-refractivity contribution in [1.82, 2.24) is 4.98 Å². The van der Waals surface area contributed by atoms with Crippen LogP contribution in [-0.2, 0) is 5.33 Å². The van der Waals surface area contributed by atoms with Crippen LogP contribution in [-0.4, -0.2) is 4.98 Å². The van der Waals surface area contributed by atoms with Crippen LogP contribution < -0.4 is 0 Å². The molecule has 0 atom stereocenters. The van der Waals surface area contributed by atoms with E-state index >= 15 is 0 Å². The SMILES string of the molecule is Clc1ccc(-c2ncc(CBr)s2)s1. The molecule has 0 N–H and O–H groups in total. The number of hydrogen-bond acceptors (Lipinski definition) is 3. The van der Waals surface area contributed by atoms with Gasteiger partial charge in [-0.3, -0.25) is 0 Å². The third-order valence-electron chi connectivity index (χ3n) is 1.47. The zero-order valence-electron chi connectivity index (χ0n) is 6.46. The molecule has 0 aliphatic rings. The Morgan fingerprint density at radius 3 is 2.77 bits per heavy atom. The van der Waals surface area contributed by atoms with Gasteiger partial charge in [0.25, 0.3) is 0 Å². The Labute approximate surface area is 97.5 Å². The van der Waals surface area contributed by atoms with Gasteiger partial charge in [0.1, 0.15) is 5.01 Å². The van der Waals surface area contributed by atoms with Crippen LogP contribution in [0.3, 0.4) is 0 Å². The van der Waals surface area contributed by atoms with Gasteiger partial charge in [-0.1, -0.05) is 27.5 Å². The van der Waals surface area contributed by atoms with Gasteiger partial charge in [0.05, 0.1) is 9.21 Å². The highest BCUT2D eigenvalue weighted by atomic mass is 79.9. The molecule has 0 aliphatic heterocycles. The Morgan fingerprint density at radius 2 is 2.23 bits per heavy atom. The first-order valence-corrected chi connectivity index (χ1v) is 6.69. The summed E-state index contributed by atoms with van der Waals surface area (Å²) in [5.74, 6) is 0. The highest BCUT2D eigenvalue weighted by Gasteiger charge is 2.05. The number of halogens is 2. The average Bonchev–Trinajstić information content (AvgIpc) is 2.71. The quantitative estimate of drug-likeness (QED) is 0.747. The van der Waals surface area contributed by atoms with Crippen LogP contribution in [0.25, 0.3) is 9.88 Å². The highest BCUT2D eigenvalue weighted by Crippen LogP contribution is 2.33.